The number of aromatic nitrogens is 4. The van der Waals surface area contributed by atoms with Crippen molar-refractivity contribution in [2.24, 2.45) is 11.8 Å². The normalized spacial score (nSPS) is 27.2. The van der Waals surface area contributed by atoms with Gasteiger partial charge in [-0.2, -0.15) is 0 Å². The van der Waals surface area contributed by atoms with E-state index >= 15 is 0 Å². The highest BCUT2D eigenvalue weighted by Gasteiger charge is 2.37. The minimum Gasteiger partial charge on any atom is -0.458 e. The van der Waals surface area contributed by atoms with Gasteiger partial charge >= 0.3 is 12.0 Å². The number of halogens is 1. The number of benzene rings is 2. The highest BCUT2D eigenvalue weighted by Crippen LogP contribution is 2.31. The third kappa shape index (κ3) is 6.53. The fourth-order valence-electron chi connectivity index (χ4n) is 6.73. The molecule has 0 aliphatic carbocycles. The van der Waals surface area contributed by atoms with E-state index in [2.05, 4.69) is 41.9 Å². The standard InChI is InChI=1S/C17H18FN3O.C17H19N3O/c18-15-4-2-1-3-14(15)13-9-19-17(20-10-13)22-16-11-21-7-5-12(16)6-8-21;1-2-4-13(5-3-1)15-10-18-17(19-11-15)21-16-12-20-8-6-14(16)7-9-20/h1-4,9-10,12,16H,5-8,11H2;1-5,10-11,14,16H,6-9,12H2/t16-;/m1./s1. The molecular formula is C34H37FN6O2. The molecule has 0 spiro atoms. The Morgan fingerprint density at radius 1 is 0.558 bits per heavy atom. The van der Waals surface area contributed by atoms with Crippen molar-refractivity contribution in [1.82, 2.24) is 29.7 Å². The lowest BCUT2D eigenvalue weighted by Crippen LogP contribution is -2.52. The van der Waals surface area contributed by atoms with E-state index in [4.69, 9.17) is 9.47 Å². The van der Waals surface area contributed by atoms with Crippen molar-refractivity contribution in [1.29, 1.82) is 0 Å². The van der Waals surface area contributed by atoms with E-state index in [0.29, 0.717) is 35.0 Å². The zero-order chi connectivity index (χ0) is 29.0. The van der Waals surface area contributed by atoms with Crippen LogP contribution < -0.4 is 9.47 Å². The quantitative estimate of drug-likeness (QED) is 0.301. The Kier molecular flexibility index (Phi) is 8.25. The van der Waals surface area contributed by atoms with E-state index in [1.807, 2.05) is 30.6 Å². The molecule has 6 saturated heterocycles. The second-order valence-corrected chi connectivity index (χ2v) is 11.9. The van der Waals surface area contributed by atoms with Gasteiger partial charge in [-0.25, -0.2) is 24.3 Å². The number of fused-ring (bicyclic) bond motifs is 6. The molecule has 2 atom stereocenters. The van der Waals surface area contributed by atoms with Gasteiger partial charge in [0.2, 0.25) is 0 Å². The maximum atomic E-state index is 13.8. The van der Waals surface area contributed by atoms with Crippen LogP contribution in [0.2, 0.25) is 0 Å². The van der Waals surface area contributed by atoms with Crippen LogP contribution in [0.15, 0.2) is 79.4 Å². The third-order valence-electron chi connectivity index (χ3n) is 9.25. The van der Waals surface area contributed by atoms with Crippen LogP contribution in [0.1, 0.15) is 25.7 Å². The summed E-state index contributed by atoms with van der Waals surface area (Å²) < 4.78 is 25.7. The Labute approximate surface area is 251 Å². The Morgan fingerprint density at radius 3 is 1.49 bits per heavy atom. The molecule has 0 amide bonds. The van der Waals surface area contributed by atoms with Crippen molar-refractivity contribution < 1.29 is 13.9 Å². The fraction of sp³-hybridized carbons (Fsp3) is 0.412. The zero-order valence-corrected chi connectivity index (χ0v) is 24.3. The lowest BCUT2D eigenvalue weighted by Gasteiger charge is -2.43. The molecule has 0 saturated carbocycles. The first-order chi connectivity index (χ1) is 21.2. The molecule has 6 aliphatic heterocycles. The zero-order valence-electron chi connectivity index (χ0n) is 24.3. The van der Waals surface area contributed by atoms with Gasteiger partial charge in [0.15, 0.2) is 0 Å². The molecule has 2 aromatic carbocycles. The van der Waals surface area contributed by atoms with Crippen molar-refractivity contribution in [3.63, 3.8) is 0 Å². The molecule has 6 fully saturated rings. The van der Waals surface area contributed by atoms with Gasteiger partial charge in [-0.15, -0.1) is 0 Å². The maximum absolute atomic E-state index is 13.8. The molecule has 222 valence electrons. The molecule has 2 aromatic heterocycles. The predicted molar refractivity (Wildman–Crippen MR) is 162 cm³/mol. The largest absolute Gasteiger partial charge is 0.458 e. The molecular weight excluding hydrogens is 543 g/mol. The molecule has 6 aliphatic rings. The molecule has 0 N–H and O–H groups in total. The lowest BCUT2D eigenvalue weighted by molar-refractivity contribution is -0.0124. The molecule has 0 radical (unpaired) electrons. The summed E-state index contributed by atoms with van der Waals surface area (Å²) in [6.07, 6.45) is 12.3. The van der Waals surface area contributed by atoms with E-state index in [1.165, 1.54) is 57.9 Å². The average Bonchev–Trinajstić information content (AvgIpc) is 3.08. The summed E-state index contributed by atoms with van der Waals surface area (Å²) in [6, 6.07) is 17.7. The molecule has 8 heterocycles. The van der Waals surface area contributed by atoms with E-state index in [0.717, 1.165) is 24.2 Å². The number of piperidine rings is 6. The molecule has 8 nitrogen and oxygen atoms in total. The van der Waals surface area contributed by atoms with Gasteiger partial charge in [-0.1, -0.05) is 48.5 Å². The van der Waals surface area contributed by atoms with Gasteiger partial charge in [0.05, 0.1) is 0 Å². The van der Waals surface area contributed by atoms with Gasteiger partial charge in [-0.3, -0.25) is 9.80 Å². The van der Waals surface area contributed by atoms with E-state index in [1.54, 1.807) is 30.6 Å². The number of rotatable bonds is 6. The van der Waals surface area contributed by atoms with Crippen molar-refractivity contribution in [2.45, 2.75) is 37.9 Å². The van der Waals surface area contributed by atoms with Crippen molar-refractivity contribution >= 4 is 0 Å². The first-order valence-electron chi connectivity index (χ1n) is 15.4. The number of hydrogen-bond donors (Lipinski definition) is 0. The van der Waals surface area contributed by atoms with Crippen LogP contribution in [0.4, 0.5) is 4.39 Å². The van der Waals surface area contributed by atoms with Gasteiger partial charge < -0.3 is 9.47 Å². The highest BCUT2D eigenvalue weighted by atomic mass is 19.1. The minimum atomic E-state index is -0.267. The molecule has 9 heteroatoms. The monoisotopic (exact) mass is 580 g/mol. The lowest BCUT2D eigenvalue weighted by atomic mass is 9.86. The van der Waals surface area contributed by atoms with Gasteiger partial charge in [0, 0.05) is 54.6 Å². The first kappa shape index (κ1) is 27.9. The van der Waals surface area contributed by atoms with Crippen LogP contribution in [0, 0.1) is 17.7 Å². The predicted octanol–water partition coefficient (Wildman–Crippen LogP) is 5.37. The van der Waals surface area contributed by atoms with Gasteiger partial charge in [0.25, 0.3) is 0 Å². The van der Waals surface area contributed by atoms with Crippen LogP contribution in [0.5, 0.6) is 12.0 Å². The van der Waals surface area contributed by atoms with Crippen molar-refractivity contribution in [2.75, 3.05) is 39.3 Å². The average molecular weight is 581 g/mol. The minimum absolute atomic E-state index is 0.182. The molecule has 4 aromatic rings. The van der Waals surface area contributed by atoms with Crippen LogP contribution in [-0.2, 0) is 0 Å². The van der Waals surface area contributed by atoms with Crippen LogP contribution in [0.25, 0.3) is 22.3 Å². The summed E-state index contributed by atoms with van der Waals surface area (Å²) in [5.41, 5.74) is 3.33. The van der Waals surface area contributed by atoms with E-state index in [-0.39, 0.29) is 18.0 Å². The summed E-state index contributed by atoms with van der Waals surface area (Å²) in [7, 11) is 0. The second-order valence-electron chi connectivity index (χ2n) is 11.9. The Balaban J connectivity index is 0.000000140. The first-order valence-corrected chi connectivity index (χ1v) is 15.4. The summed E-state index contributed by atoms with van der Waals surface area (Å²) >= 11 is 0. The summed E-state index contributed by atoms with van der Waals surface area (Å²) in [6.45, 7) is 6.78. The van der Waals surface area contributed by atoms with Gasteiger partial charge in [0.1, 0.15) is 18.0 Å². The molecule has 10 rings (SSSR count). The maximum Gasteiger partial charge on any atom is 0.316 e. The van der Waals surface area contributed by atoms with Crippen molar-refractivity contribution in [3.05, 3.63) is 85.2 Å². The Hall–Kier alpha value is -3.95. The van der Waals surface area contributed by atoms with E-state index in [9.17, 15) is 4.39 Å². The number of nitrogens with zero attached hydrogens (tertiary/aromatic N) is 6. The summed E-state index contributed by atoms with van der Waals surface area (Å²) in [4.78, 5) is 22.2. The smallest absolute Gasteiger partial charge is 0.316 e. The molecule has 4 bridgehead atoms. The topological polar surface area (TPSA) is 76.5 Å². The third-order valence-corrected chi connectivity index (χ3v) is 9.25. The van der Waals surface area contributed by atoms with Crippen molar-refractivity contribution in [3.8, 4) is 34.3 Å². The summed E-state index contributed by atoms with van der Waals surface area (Å²) in [5, 5.41) is 0. The Bertz CT molecular complexity index is 1470. The molecule has 43 heavy (non-hydrogen) atoms. The second kappa shape index (κ2) is 12.7. The van der Waals surface area contributed by atoms with Gasteiger partial charge in [-0.05, 0) is 75.3 Å². The molecule has 1 unspecified atom stereocenters. The SMILES string of the molecule is Fc1ccccc1-c1cnc(O[C@@H]2CN3CCC2CC3)nc1.c1ccc(-c2cnc(OC3CN4CCC3CC4)nc2)cc1. The van der Waals surface area contributed by atoms with Crippen LogP contribution >= 0.6 is 0 Å². The number of ether oxygens (including phenoxy) is 2. The Morgan fingerprint density at radius 2 is 1.02 bits per heavy atom. The van der Waals surface area contributed by atoms with Crippen LogP contribution in [0.3, 0.4) is 0 Å². The summed E-state index contributed by atoms with van der Waals surface area (Å²) in [5.74, 6) is 1.02. The number of hydrogen-bond acceptors (Lipinski definition) is 8. The van der Waals surface area contributed by atoms with Crippen LogP contribution in [-0.4, -0.2) is 81.2 Å². The fourth-order valence-corrected chi connectivity index (χ4v) is 6.73. The highest BCUT2D eigenvalue weighted by molar-refractivity contribution is 5.62. The van der Waals surface area contributed by atoms with E-state index < -0.39 is 0 Å².